The Kier molecular flexibility index (Phi) is 2.96. The van der Waals surface area contributed by atoms with Crippen molar-refractivity contribution in [3.05, 3.63) is 23.8 Å². The van der Waals surface area contributed by atoms with Crippen molar-refractivity contribution < 1.29 is 14.3 Å². The maximum Gasteiger partial charge on any atom is 0.251 e. The van der Waals surface area contributed by atoms with E-state index in [1.165, 1.54) is 0 Å². The highest BCUT2D eigenvalue weighted by atomic mass is 16.7. The highest BCUT2D eigenvalue weighted by molar-refractivity contribution is 5.95. The van der Waals surface area contributed by atoms with E-state index < -0.39 is 0 Å². The maximum absolute atomic E-state index is 12.0. The van der Waals surface area contributed by atoms with Crippen LogP contribution in [-0.4, -0.2) is 18.2 Å². The Morgan fingerprint density at radius 2 is 2.06 bits per heavy atom. The van der Waals surface area contributed by atoms with Crippen molar-refractivity contribution >= 4 is 5.91 Å². The molecule has 17 heavy (non-hydrogen) atoms. The number of rotatable bonds is 3. The standard InChI is InChI=1S/C13H17NO3/c1-4-13(2,3)14-12(15)9-5-6-10-11(7-9)17-8-16-10/h5-7H,4,8H2,1-3H3,(H,14,15). The van der Waals surface area contributed by atoms with E-state index in [4.69, 9.17) is 9.47 Å². The zero-order valence-electron chi connectivity index (χ0n) is 10.4. The van der Waals surface area contributed by atoms with Gasteiger partial charge in [-0.2, -0.15) is 0 Å². The molecular weight excluding hydrogens is 218 g/mol. The summed E-state index contributed by atoms with van der Waals surface area (Å²) in [5.41, 5.74) is 0.392. The molecule has 4 heteroatoms. The minimum absolute atomic E-state index is 0.0878. The van der Waals surface area contributed by atoms with Gasteiger partial charge in [0, 0.05) is 11.1 Å². The van der Waals surface area contributed by atoms with E-state index in [0.29, 0.717) is 17.1 Å². The zero-order chi connectivity index (χ0) is 12.5. The van der Waals surface area contributed by atoms with Crippen molar-refractivity contribution in [2.75, 3.05) is 6.79 Å². The third-order valence-electron chi connectivity index (χ3n) is 2.97. The zero-order valence-corrected chi connectivity index (χ0v) is 10.4. The van der Waals surface area contributed by atoms with Gasteiger partial charge in [-0.05, 0) is 38.5 Å². The second kappa shape index (κ2) is 4.28. The minimum Gasteiger partial charge on any atom is -0.454 e. The smallest absolute Gasteiger partial charge is 0.251 e. The molecule has 2 rings (SSSR count). The van der Waals surface area contributed by atoms with Crippen molar-refractivity contribution in [3.63, 3.8) is 0 Å². The number of benzene rings is 1. The third-order valence-corrected chi connectivity index (χ3v) is 2.97. The van der Waals surface area contributed by atoms with E-state index in [2.05, 4.69) is 5.32 Å². The van der Waals surface area contributed by atoms with Gasteiger partial charge >= 0.3 is 0 Å². The molecule has 0 aliphatic carbocycles. The van der Waals surface area contributed by atoms with Gasteiger partial charge in [0.25, 0.3) is 5.91 Å². The Bertz CT molecular complexity index is 440. The number of hydrogen-bond donors (Lipinski definition) is 1. The summed E-state index contributed by atoms with van der Waals surface area (Å²) in [5.74, 6) is 1.23. The fourth-order valence-corrected chi connectivity index (χ4v) is 1.51. The van der Waals surface area contributed by atoms with E-state index in [1.54, 1.807) is 18.2 Å². The van der Waals surface area contributed by atoms with Gasteiger partial charge in [-0.15, -0.1) is 0 Å². The summed E-state index contributed by atoms with van der Waals surface area (Å²) in [6, 6.07) is 5.22. The van der Waals surface area contributed by atoms with Crippen molar-refractivity contribution in [2.45, 2.75) is 32.7 Å². The lowest BCUT2D eigenvalue weighted by Gasteiger charge is -2.24. The molecule has 0 fully saturated rings. The first kappa shape index (κ1) is 11.8. The van der Waals surface area contributed by atoms with Crippen LogP contribution in [0.3, 0.4) is 0 Å². The van der Waals surface area contributed by atoms with Crippen LogP contribution in [0.1, 0.15) is 37.6 Å². The number of ether oxygens (including phenoxy) is 2. The molecule has 1 amide bonds. The molecule has 4 nitrogen and oxygen atoms in total. The fraction of sp³-hybridized carbons (Fsp3) is 0.462. The summed E-state index contributed by atoms with van der Waals surface area (Å²) < 4.78 is 10.4. The number of hydrogen-bond acceptors (Lipinski definition) is 3. The summed E-state index contributed by atoms with van der Waals surface area (Å²) in [6.45, 7) is 6.26. The SMILES string of the molecule is CCC(C)(C)NC(=O)c1ccc2c(c1)OCO2. The number of carbonyl (C=O) groups is 1. The second-order valence-electron chi connectivity index (χ2n) is 4.76. The van der Waals surface area contributed by atoms with Crippen LogP contribution in [0.25, 0.3) is 0 Å². The van der Waals surface area contributed by atoms with Crippen LogP contribution in [0.5, 0.6) is 11.5 Å². The van der Waals surface area contributed by atoms with Gasteiger partial charge in [0.1, 0.15) is 0 Å². The van der Waals surface area contributed by atoms with Crippen molar-refractivity contribution in [1.29, 1.82) is 0 Å². The van der Waals surface area contributed by atoms with E-state index in [0.717, 1.165) is 6.42 Å². The minimum atomic E-state index is -0.201. The lowest BCUT2D eigenvalue weighted by molar-refractivity contribution is 0.0911. The normalized spacial score (nSPS) is 13.6. The van der Waals surface area contributed by atoms with Gasteiger partial charge in [-0.1, -0.05) is 6.92 Å². The Morgan fingerprint density at radius 3 is 2.76 bits per heavy atom. The highest BCUT2D eigenvalue weighted by Crippen LogP contribution is 2.32. The summed E-state index contributed by atoms with van der Waals surface area (Å²) in [5, 5.41) is 2.98. The number of nitrogens with one attached hydrogen (secondary N) is 1. The second-order valence-corrected chi connectivity index (χ2v) is 4.76. The molecule has 0 atom stereocenters. The summed E-state index contributed by atoms with van der Waals surface area (Å²) in [4.78, 5) is 12.0. The van der Waals surface area contributed by atoms with Crippen LogP contribution in [0.15, 0.2) is 18.2 Å². The molecule has 0 aromatic heterocycles. The Labute approximate surface area is 101 Å². The third kappa shape index (κ3) is 2.52. The predicted octanol–water partition coefficient (Wildman–Crippen LogP) is 2.33. The van der Waals surface area contributed by atoms with Gasteiger partial charge < -0.3 is 14.8 Å². The molecule has 0 radical (unpaired) electrons. The molecule has 0 spiro atoms. The maximum atomic E-state index is 12.0. The van der Waals surface area contributed by atoms with Gasteiger partial charge in [0.2, 0.25) is 6.79 Å². The predicted molar refractivity (Wildman–Crippen MR) is 64.4 cm³/mol. The summed E-state index contributed by atoms with van der Waals surface area (Å²) in [7, 11) is 0. The quantitative estimate of drug-likeness (QED) is 0.874. The number of carbonyl (C=O) groups excluding carboxylic acids is 1. The van der Waals surface area contributed by atoms with Crippen molar-refractivity contribution in [2.24, 2.45) is 0 Å². The van der Waals surface area contributed by atoms with E-state index in [1.807, 2.05) is 20.8 Å². The largest absolute Gasteiger partial charge is 0.454 e. The van der Waals surface area contributed by atoms with Crippen LogP contribution in [0, 0.1) is 0 Å². The first-order valence-corrected chi connectivity index (χ1v) is 5.74. The Balaban J connectivity index is 2.15. The van der Waals surface area contributed by atoms with Crippen molar-refractivity contribution in [3.8, 4) is 11.5 Å². The Hall–Kier alpha value is -1.71. The van der Waals surface area contributed by atoms with Crippen LogP contribution in [-0.2, 0) is 0 Å². The lowest BCUT2D eigenvalue weighted by atomic mass is 10.0. The number of fused-ring (bicyclic) bond motifs is 1. The van der Waals surface area contributed by atoms with E-state index >= 15 is 0 Å². The molecule has 1 N–H and O–H groups in total. The molecule has 0 unspecified atom stereocenters. The average Bonchev–Trinajstić information content (AvgIpc) is 2.75. The van der Waals surface area contributed by atoms with Crippen molar-refractivity contribution in [1.82, 2.24) is 5.32 Å². The fourth-order valence-electron chi connectivity index (χ4n) is 1.51. The summed E-state index contributed by atoms with van der Waals surface area (Å²) in [6.07, 6.45) is 0.878. The lowest BCUT2D eigenvalue weighted by Crippen LogP contribution is -2.42. The molecule has 1 aromatic carbocycles. The molecule has 92 valence electrons. The van der Waals surface area contributed by atoms with Crippen LogP contribution in [0.4, 0.5) is 0 Å². The van der Waals surface area contributed by atoms with Gasteiger partial charge in [-0.25, -0.2) is 0 Å². The van der Waals surface area contributed by atoms with Gasteiger partial charge in [-0.3, -0.25) is 4.79 Å². The molecular formula is C13H17NO3. The monoisotopic (exact) mass is 235 g/mol. The Morgan fingerprint density at radius 1 is 1.35 bits per heavy atom. The molecule has 1 aromatic rings. The highest BCUT2D eigenvalue weighted by Gasteiger charge is 2.21. The topological polar surface area (TPSA) is 47.6 Å². The molecule has 1 aliphatic heterocycles. The number of amides is 1. The molecule has 0 saturated heterocycles. The summed E-state index contributed by atoms with van der Waals surface area (Å²) >= 11 is 0. The first-order valence-electron chi connectivity index (χ1n) is 5.74. The molecule has 0 bridgehead atoms. The van der Waals surface area contributed by atoms with Gasteiger partial charge in [0.05, 0.1) is 0 Å². The first-order chi connectivity index (χ1) is 8.02. The van der Waals surface area contributed by atoms with Crippen LogP contribution in [0.2, 0.25) is 0 Å². The molecule has 1 aliphatic rings. The van der Waals surface area contributed by atoms with Crippen LogP contribution < -0.4 is 14.8 Å². The molecule has 0 saturated carbocycles. The van der Waals surface area contributed by atoms with Gasteiger partial charge in [0.15, 0.2) is 11.5 Å². The van der Waals surface area contributed by atoms with Crippen LogP contribution >= 0.6 is 0 Å². The van der Waals surface area contributed by atoms with E-state index in [9.17, 15) is 4.79 Å². The molecule has 1 heterocycles. The average molecular weight is 235 g/mol. The van der Waals surface area contributed by atoms with E-state index in [-0.39, 0.29) is 18.2 Å².